The summed E-state index contributed by atoms with van der Waals surface area (Å²) in [7, 11) is 0. The molecular formula is C11H14BrNOS. The minimum absolute atomic E-state index is 0.0712. The fourth-order valence-corrected chi connectivity index (χ4v) is 2.22. The lowest BCUT2D eigenvalue weighted by Crippen LogP contribution is -2.12. The van der Waals surface area contributed by atoms with Crippen molar-refractivity contribution in [1.29, 1.82) is 0 Å². The molecule has 0 unspecified atom stereocenters. The first-order valence-corrected chi connectivity index (χ1v) is 6.86. The van der Waals surface area contributed by atoms with Gasteiger partial charge in [-0.3, -0.25) is 4.79 Å². The number of benzene rings is 1. The first kappa shape index (κ1) is 12.6. The second kappa shape index (κ2) is 6.18. The summed E-state index contributed by atoms with van der Waals surface area (Å²) in [5.41, 5.74) is 1.98. The van der Waals surface area contributed by atoms with Crippen molar-refractivity contribution in [1.82, 2.24) is 0 Å². The first-order chi connectivity index (χ1) is 7.11. The standard InChI is InChI=1S/C11H14BrNOS/c1-8-5-9(12)7-10(6-8)13-11(14)3-4-15-2/h5-7H,3-4H2,1-2H3,(H,13,14). The summed E-state index contributed by atoms with van der Waals surface area (Å²) in [6.45, 7) is 2.00. The maximum absolute atomic E-state index is 11.5. The van der Waals surface area contributed by atoms with E-state index in [-0.39, 0.29) is 5.91 Å². The van der Waals surface area contributed by atoms with E-state index in [0.717, 1.165) is 21.5 Å². The fraction of sp³-hybridized carbons (Fsp3) is 0.364. The van der Waals surface area contributed by atoms with Gasteiger partial charge in [-0.2, -0.15) is 11.8 Å². The van der Waals surface area contributed by atoms with E-state index in [0.29, 0.717) is 6.42 Å². The van der Waals surface area contributed by atoms with Gasteiger partial charge in [0.2, 0.25) is 5.91 Å². The van der Waals surface area contributed by atoms with Gasteiger partial charge in [0.25, 0.3) is 0 Å². The molecule has 0 atom stereocenters. The second-order valence-corrected chi connectivity index (χ2v) is 5.21. The van der Waals surface area contributed by atoms with E-state index in [9.17, 15) is 4.79 Å². The molecule has 0 aliphatic rings. The number of aryl methyl sites for hydroxylation is 1. The van der Waals surface area contributed by atoms with Crippen LogP contribution in [-0.4, -0.2) is 17.9 Å². The Morgan fingerprint density at radius 3 is 2.80 bits per heavy atom. The Balaban J connectivity index is 2.60. The van der Waals surface area contributed by atoms with Crippen molar-refractivity contribution in [3.05, 3.63) is 28.2 Å². The van der Waals surface area contributed by atoms with Crippen LogP contribution in [-0.2, 0) is 4.79 Å². The summed E-state index contributed by atoms with van der Waals surface area (Å²) in [5, 5.41) is 2.88. The van der Waals surface area contributed by atoms with E-state index >= 15 is 0 Å². The summed E-state index contributed by atoms with van der Waals surface area (Å²) in [6.07, 6.45) is 2.56. The van der Waals surface area contributed by atoms with Gasteiger partial charge in [0.05, 0.1) is 0 Å². The third-order valence-corrected chi connectivity index (χ3v) is 2.93. The SMILES string of the molecule is CSCCC(=O)Nc1cc(C)cc(Br)c1. The number of hydrogen-bond acceptors (Lipinski definition) is 2. The molecule has 1 aromatic rings. The second-order valence-electron chi connectivity index (χ2n) is 3.31. The van der Waals surface area contributed by atoms with Crippen LogP contribution < -0.4 is 5.32 Å². The van der Waals surface area contributed by atoms with Crippen molar-refractivity contribution in [2.24, 2.45) is 0 Å². The molecule has 2 nitrogen and oxygen atoms in total. The van der Waals surface area contributed by atoms with Crippen molar-refractivity contribution in [2.75, 3.05) is 17.3 Å². The fourth-order valence-electron chi connectivity index (χ4n) is 1.23. The molecule has 0 spiro atoms. The van der Waals surface area contributed by atoms with Gasteiger partial charge in [0.1, 0.15) is 0 Å². The number of halogens is 1. The molecule has 1 rings (SSSR count). The number of carbonyl (C=O) groups excluding carboxylic acids is 1. The van der Waals surface area contributed by atoms with Crippen LogP contribution in [0.2, 0.25) is 0 Å². The van der Waals surface area contributed by atoms with Crippen molar-refractivity contribution >= 4 is 39.3 Å². The van der Waals surface area contributed by atoms with Gasteiger partial charge in [0, 0.05) is 22.3 Å². The van der Waals surface area contributed by atoms with Crippen molar-refractivity contribution in [3.8, 4) is 0 Å². The highest BCUT2D eigenvalue weighted by Crippen LogP contribution is 2.19. The predicted octanol–water partition coefficient (Wildman–Crippen LogP) is 3.45. The largest absolute Gasteiger partial charge is 0.326 e. The van der Waals surface area contributed by atoms with Gasteiger partial charge in [-0.15, -0.1) is 0 Å². The molecular weight excluding hydrogens is 274 g/mol. The molecule has 0 radical (unpaired) electrons. The molecule has 1 amide bonds. The highest BCUT2D eigenvalue weighted by atomic mass is 79.9. The molecule has 0 aromatic heterocycles. The van der Waals surface area contributed by atoms with Gasteiger partial charge in [-0.1, -0.05) is 15.9 Å². The van der Waals surface area contributed by atoms with Crippen LogP contribution in [0.3, 0.4) is 0 Å². The maximum Gasteiger partial charge on any atom is 0.225 e. The Labute approximate surface area is 103 Å². The maximum atomic E-state index is 11.5. The molecule has 0 saturated carbocycles. The number of anilines is 1. The smallest absolute Gasteiger partial charge is 0.225 e. The van der Waals surface area contributed by atoms with Crippen LogP contribution in [0.4, 0.5) is 5.69 Å². The minimum Gasteiger partial charge on any atom is -0.326 e. The third kappa shape index (κ3) is 4.71. The van der Waals surface area contributed by atoms with Crippen molar-refractivity contribution in [2.45, 2.75) is 13.3 Å². The lowest BCUT2D eigenvalue weighted by molar-refractivity contribution is -0.115. The average molecular weight is 288 g/mol. The van der Waals surface area contributed by atoms with E-state index in [2.05, 4.69) is 21.2 Å². The predicted molar refractivity (Wildman–Crippen MR) is 70.5 cm³/mol. The molecule has 0 aliphatic carbocycles. The molecule has 0 fully saturated rings. The Hall–Kier alpha value is -0.480. The molecule has 0 aliphatic heterocycles. The average Bonchev–Trinajstić information content (AvgIpc) is 2.13. The van der Waals surface area contributed by atoms with E-state index in [1.165, 1.54) is 0 Å². The highest BCUT2D eigenvalue weighted by Gasteiger charge is 2.02. The number of nitrogens with one attached hydrogen (secondary N) is 1. The number of hydrogen-bond donors (Lipinski definition) is 1. The van der Waals surface area contributed by atoms with Crippen LogP contribution in [0, 0.1) is 6.92 Å². The lowest BCUT2D eigenvalue weighted by atomic mass is 10.2. The van der Waals surface area contributed by atoms with E-state index in [4.69, 9.17) is 0 Å². The minimum atomic E-state index is 0.0712. The molecule has 0 saturated heterocycles. The van der Waals surface area contributed by atoms with Crippen molar-refractivity contribution in [3.63, 3.8) is 0 Å². The lowest BCUT2D eigenvalue weighted by Gasteiger charge is -2.06. The van der Waals surface area contributed by atoms with Crippen LogP contribution in [0.5, 0.6) is 0 Å². The number of rotatable bonds is 4. The van der Waals surface area contributed by atoms with Crippen LogP contribution in [0.15, 0.2) is 22.7 Å². The topological polar surface area (TPSA) is 29.1 Å². The van der Waals surface area contributed by atoms with E-state index in [1.54, 1.807) is 11.8 Å². The summed E-state index contributed by atoms with van der Waals surface area (Å²) in [6, 6.07) is 5.88. The first-order valence-electron chi connectivity index (χ1n) is 4.68. The van der Waals surface area contributed by atoms with Gasteiger partial charge < -0.3 is 5.32 Å². The van der Waals surface area contributed by atoms with Crippen LogP contribution in [0.1, 0.15) is 12.0 Å². The summed E-state index contributed by atoms with van der Waals surface area (Å²) in [5.74, 6) is 0.931. The molecule has 82 valence electrons. The Morgan fingerprint density at radius 1 is 1.47 bits per heavy atom. The summed E-state index contributed by atoms with van der Waals surface area (Å²) < 4.78 is 0.989. The van der Waals surface area contributed by atoms with Gasteiger partial charge >= 0.3 is 0 Å². The van der Waals surface area contributed by atoms with Gasteiger partial charge in [-0.05, 0) is 36.9 Å². The summed E-state index contributed by atoms with van der Waals surface area (Å²) in [4.78, 5) is 11.5. The highest BCUT2D eigenvalue weighted by molar-refractivity contribution is 9.10. The molecule has 0 heterocycles. The Bertz CT molecular complexity index is 334. The zero-order chi connectivity index (χ0) is 11.3. The quantitative estimate of drug-likeness (QED) is 0.919. The monoisotopic (exact) mass is 287 g/mol. The van der Waals surface area contributed by atoms with E-state index in [1.807, 2.05) is 31.4 Å². The zero-order valence-electron chi connectivity index (χ0n) is 8.84. The Kier molecular flexibility index (Phi) is 5.19. The number of carbonyl (C=O) groups is 1. The Morgan fingerprint density at radius 2 is 2.20 bits per heavy atom. The third-order valence-electron chi connectivity index (χ3n) is 1.86. The normalized spacial score (nSPS) is 10.1. The molecule has 0 bridgehead atoms. The molecule has 1 N–H and O–H groups in total. The molecule has 1 aromatic carbocycles. The molecule has 15 heavy (non-hydrogen) atoms. The van der Waals surface area contributed by atoms with Crippen LogP contribution >= 0.6 is 27.7 Å². The van der Waals surface area contributed by atoms with Gasteiger partial charge in [-0.25, -0.2) is 0 Å². The van der Waals surface area contributed by atoms with Gasteiger partial charge in [0.15, 0.2) is 0 Å². The number of thioether (sulfide) groups is 1. The number of amides is 1. The zero-order valence-corrected chi connectivity index (χ0v) is 11.2. The van der Waals surface area contributed by atoms with Crippen molar-refractivity contribution < 1.29 is 4.79 Å². The summed E-state index contributed by atoms with van der Waals surface area (Å²) >= 11 is 5.08. The van der Waals surface area contributed by atoms with E-state index < -0.39 is 0 Å². The molecule has 4 heteroatoms. The van der Waals surface area contributed by atoms with Crippen LogP contribution in [0.25, 0.3) is 0 Å².